The average molecular weight is 405 g/mol. The number of rotatable bonds is 3. The molecule has 0 bridgehead atoms. The lowest BCUT2D eigenvalue weighted by molar-refractivity contribution is -0.0265. The molecule has 3 aromatic rings. The van der Waals surface area contributed by atoms with E-state index in [1.807, 2.05) is 0 Å². The number of aryl methyl sites for hydroxylation is 1. The van der Waals surface area contributed by atoms with E-state index in [-0.39, 0.29) is 5.49 Å². The van der Waals surface area contributed by atoms with Crippen LogP contribution in [0.15, 0.2) is 35.7 Å². The lowest BCUT2D eigenvalue weighted by Crippen LogP contribution is -2.31. The van der Waals surface area contributed by atoms with Crippen LogP contribution in [0.3, 0.4) is 0 Å². The number of nitrogens with two attached hydrogens (primary N) is 1. The first kappa shape index (κ1) is 18.9. The fourth-order valence-corrected chi connectivity index (χ4v) is 4.20. The average Bonchev–Trinajstić information content (AvgIpc) is 3.17. The summed E-state index contributed by atoms with van der Waals surface area (Å²) in [6.07, 6.45) is -1.33. The molecule has 10 heteroatoms. The van der Waals surface area contributed by atoms with E-state index in [9.17, 15) is 15.3 Å². The van der Waals surface area contributed by atoms with Gasteiger partial charge in [0.15, 0.2) is 5.52 Å². The summed E-state index contributed by atoms with van der Waals surface area (Å²) < 4.78 is 1.80. The van der Waals surface area contributed by atoms with Crippen LogP contribution >= 0.6 is 11.6 Å². The molecular weight excluding hydrogens is 384 g/mol. The van der Waals surface area contributed by atoms with Crippen LogP contribution in [-0.4, -0.2) is 47.0 Å². The van der Waals surface area contributed by atoms with E-state index in [1.165, 1.54) is 6.33 Å². The molecule has 1 aliphatic carbocycles. The fraction of sp³-hybridized carbons (Fsp3) is 0.389. The number of aromatic amines is 1. The third-order valence-electron chi connectivity index (χ3n) is 5.45. The number of aliphatic hydroxyl groups excluding tert-OH is 3. The summed E-state index contributed by atoms with van der Waals surface area (Å²) in [5.41, 5.74) is 1.98. The van der Waals surface area contributed by atoms with Crippen LogP contribution in [0.4, 0.5) is 0 Å². The maximum absolute atomic E-state index is 10.8. The summed E-state index contributed by atoms with van der Waals surface area (Å²) in [5, 5.41) is 36.4. The van der Waals surface area contributed by atoms with Gasteiger partial charge in [0.05, 0.1) is 24.6 Å². The Morgan fingerprint density at radius 1 is 1.29 bits per heavy atom. The van der Waals surface area contributed by atoms with E-state index in [2.05, 4.69) is 20.1 Å². The van der Waals surface area contributed by atoms with E-state index >= 15 is 0 Å². The Hall–Kier alpha value is -2.46. The normalized spacial score (nSPS) is 26.8. The monoisotopic (exact) mass is 404 g/mol. The van der Waals surface area contributed by atoms with E-state index in [0.717, 1.165) is 0 Å². The molecule has 0 unspecified atom stereocenters. The predicted molar refractivity (Wildman–Crippen MR) is 102 cm³/mol. The van der Waals surface area contributed by atoms with Crippen molar-refractivity contribution in [3.63, 3.8) is 0 Å². The second-order valence-electron chi connectivity index (χ2n) is 7.03. The maximum atomic E-state index is 10.8. The molecule has 0 saturated heterocycles. The molecule has 0 spiro atoms. The summed E-state index contributed by atoms with van der Waals surface area (Å²) in [7, 11) is 0. The van der Waals surface area contributed by atoms with Gasteiger partial charge in [0.25, 0.3) is 0 Å². The van der Waals surface area contributed by atoms with Gasteiger partial charge in [-0.05, 0) is 31.0 Å². The smallest absolute Gasteiger partial charge is 0.202 e. The Balaban J connectivity index is 1.72. The molecule has 1 saturated carbocycles. The Morgan fingerprint density at radius 3 is 2.68 bits per heavy atom. The lowest BCUT2D eigenvalue weighted by Gasteiger charge is -2.22. The van der Waals surface area contributed by atoms with Gasteiger partial charge in [-0.15, -0.1) is 0 Å². The molecule has 4 rings (SSSR count). The highest BCUT2D eigenvalue weighted by atomic mass is 35.5. The van der Waals surface area contributed by atoms with Crippen LogP contribution < -0.4 is 11.3 Å². The number of imidazole rings is 1. The number of aliphatic hydroxyl groups is 3. The van der Waals surface area contributed by atoms with Gasteiger partial charge < -0.3 is 30.7 Å². The Labute approximate surface area is 165 Å². The molecule has 0 amide bonds. The van der Waals surface area contributed by atoms with Gasteiger partial charge in [0, 0.05) is 10.9 Å². The van der Waals surface area contributed by atoms with Gasteiger partial charge in [-0.3, -0.25) is 0 Å². The molecule has 2 heterocycles. The number of aromatic nitrogens is 4. The van der Waals surface area contributed by atoms with Gasteiger partial charge in [-0.1, -0.05) is 23.7 Å². The number of benzene rings is 1. The van der Waals surface area contributed by atoms with Crippen molar-refractivity contribution in [2.75, 3.05) is 0 Å². The van der Waals surface area contributed by atoms with Crippen LogP contribution in [-0.2, 0) is 0 Å². The van der Waals surface area contributed by atoms with Crippen molar-refractivity contribution in [3.05, 3.63) is 52.5 Å². The van der Waals surface area contributed by atoms with Gasteiger partial charge in [-0.25, -0.2) is 9.97 Å². The number of fused-ring (bicyclic) bond motifs is 1. The second-order valence-corrected chi connectivity index (χ2v) is 7.46. The molecule has 0 radical (unpaired) electrons. The van der Waals surface area contributed by atoms with Gasteiger partial charge in [0.1, 0.15) is 17.6 Å². The molecule has 1 aromatic carbocycles. The van der Waals surface area contributed by atoms with Crippen LogP contribution in [0.5, 0.6) is 0 Å². The summed E-state index contributed by atoms with van der Waals surface area (Å²) >= 11 is 5.91. The summed E-state index contributed by atoms with van der Waals surface area (Å²) in [6.45, 7) is 1.79. The minimum absolute atomic E-state index is 0.279. The summed E-state index contributed by atoms with van der Waals surface area (Å²) in [4.78, 5) is 11.5. The second kappa shape index (κ2) is 7.17. The van der Waals surface area contributed by atoms with Gasteiger partial charge in [-0.2, -0.15) is 5.10 Å². The summed E-state index contributed by atoms with van der Waals surface area (Å²) in [6, 6.07) is 6.30. The quantitative estimate of drug-likeness (QED) is 0.317. The van der Waals surface area contributed by atoms with Gasteiger partial charge in [0.2, 0.25) is 5.49 Å². The maximum Gasteiger partial charge on any atom is 0.202 e. The van der Waals surface area contributed by atoms with Crippen LogP contribution in [0.2, 0.25) is 5.02 Å². The topological polar surface area (TPSA) is 146 Å². The van der Waals surface area contributed by atoms with E-state index in [4.69, 9.17) is 17.4 Å². The number of halogens is 1. The zero-order valence-corrected chi connectivity index (χ0v) is 15.8. The zero-order chi connectivity index (χ0) is 20.0. The van der Waals surface area contributed by atoms with Crippen molar-refractivity contribution in [2.45, 2.75) is 37.7 Å². The first-order chi connectivity index (χ1) is 13.4. The molecule has 0 aliphatic heterocycles. The number of hydrogen-bond acceptors (Lipinski definition) is 7. The first-order valence-electron chi connectivity index (χ1n) is 8.88. The third-order valence-corrected chi connectivity index (χ3v) is 5.71. The SMILES string of the molecule is Cc1nc2/c(=N\N)nc[nH]c2n1[C@@H]1C[C@H]([C@H](O)c2ccc(Cl)cc2)[C@@H](O)[C@H]1O. The van der Waals surface area contributed by atoms with Gasteiger partial charge >= 0.3 is 0 Å². The molecule has 2 aromatic heterocycles. The highest BCUT2D eigenvalue weighted by Gasteiger charge is 2.46. The summed E-state index contributed by atoms with van der Waals surface area (Å²) in [5.74, 6) is 5.44. The molecule has 5 atom stereocenters. The largest absolute Gasteiger partial charge is 0.390 e. The van der Waals surface area contributed by atoms with Crippen LogP contribution in [0.25, 0.3) is 11.2 Å². The fourth-order valence-electron chi connectivity index (χ4n) is 4.07. The Bertz CT molecular complexity index is 1060. The van der Waals surface area contributed by atoms with E-state index in [0.29, 0.717) is 34.0 Å². The van der Waals surface area contributed by atoms with E-state index < -0.39 is 30.3 Å². The number of hydrogen-bond donors (Lipinski definition) is 5. The molecule has 9 nitrogen and oxygen atoms in total. The van der Waals surface area contributed by atoms with Crippen molar-refractivity contribution in [2.24, 2.45) is 16.9 Å². The first-order valence-corrected chi connectivity index (χ1v) is 9.26. The minimum atomic E-state index is -1.10. The molecule has 28 heavy (non-hydrogen) atoms. The van der Waals surface area contributed by atoms with Crippen LogP contribution in [0, 0.1) is 12.8 Å². The number of nitrogens with one attached hydrogen (secondary N) is 1. The van der Waals surface area contributed by atoms with Crippen molar-refractivity contribution in [1.82, 2.24) is 19.5 Å². The minimum Gasteiger partial charge on any atom is -0.390 e. The molecule has 1 aliphatic rings. The van der Waals surface area contributed by atoms with Crippen molar-refractivity contribution in [3.8, 4) is 0 Å². The van der Waals surface area contributed by atoms with Crippen molar-refractivity contribution < 1.29 is 15.3 Å². The highest BCUT2D eigenvalue weighted by Crippen LogP contribution is 2.43. The standard InChI is InChI=1S/C18H21ClN6O3/c1-8-23-13-17(24-20)21-7-22-18(13)25(8)12-6-11(15(27)16(12)28)14(26)9-2-4-10(19)5-3-9/h2-5,7,11-12,14-16,26-28H,6,20H2,1H3,(H,21,22,24)/t11-,12-,14-,15-,16+/m1/s1. The lowest BCUT2D eigenvalue weighted by atomic mass is 9.92. The number of nitrogens with zero attached hydrogens (tertiary/aromatic N) is 4. The molecule has 6 N–H and O–H groups in total. The van der Waals surface area contributed by atoms with Crippen LogP contribution in [0.1, 0.15) is 30.0 Å². The molecular formula is C18H21ClN6O3. The Morgan fingerprint density at radius 2 is 2.00 bits per heavy atom. The molecule has 1 fully saturated rings. The van der Waals surface area contributed by atoms with Crippen molar-refractivity contribution >= 4 is 22.8 Å². The molecule has 148 valence electrons. The third kappa shape index (κ3) is 2.96. The Kier molecular flexibility index (Phi) is 4.84. The zero-order valence-electron chi connectivity index (χ0n) is 15.1. The highest BCUT2D eigenvalue weighted by molar-refractivity contribution is 6.30. The van der Waals surface area contributed by atoms with E-state index in [1.54, 1.807) is 35.8 Å². The van der Waals surface area contributed by atoms with Crippen molar-refractivity contribution in [1.29, 1.82) is 0 Å². The number of H-pyrrole nitrogens is 1. The predicted octanol–water partition coefficient (Wildman–Crippen LogP) is 0.512.